The van der Waals surface area contributed by atoms with Gasteiger partial charge in [-0.25, -0.2) is 0 Å². The molecular formula is C36H48N2O14. The number of likely N-dealkylation sites (N-methyl/N-ethyl adjacent to an activating group) is 1. The monoisotopic (exact) mass is 732 g/mol. The fourth-order valence-corrected chi connectivity index (χ4v) is 4.56. The van der Waals surface area contributed by atoms with Crippen LogP contribution in [0, 0.1) is 11.8 Å². The van der Waals surface area contributed by atoms with Crippen LogP contribution in [0.2, 0.25) is 0 Å². The SMILES string of the molecule is CC(=O)OC[C@H](N)C(=O)CC(Cc1ccc(OC(C)=O)cc1)C(=O)O.CN[C@@H](COC(C)=O)C(=O)CC(Cc1ccc(OC(C)=O)cc1)C(=O)OC.[HH]. The lowest BCUT2D eigenvalue weighted by atomic mass is 9.92. The number of carbonyl (C=O) groups excluding carboxylic acids is 7. The molecule has 2 aromatic rings. The number of methoxy groups -OCH3 is 1. The summed E-state index contributed by atoms with van der Waals surface area (Å²) in [5, 5.41) is 12.1. The Hall–Kier alpha value is -5.48. The van der Waals surface area contributed by atoms with Crippen molar-refractivity contribution in [2.45, 2.75) is 65.5 Å². The van der Waals surface area contributed by atoms with Gasteiger partial charge in [-0.05, 0) is 55.3 Å². The number of ether oxygens (including phenoxy) is 5. The maximum Gasteiger partial charge on any atom is 0.309 e. The molecule has 2 aromatic carbocycles. The van der Waals surface area contributed by atoms with Crippen molar-refractivity contribution in [3.8, 4) is 11.5 Å². The number of benzene rings is 2. The Kier molecular flexibility index (Phi) is 19.8. The molecule has 0 spiro atoms. The number of rotatable bonds is 19. The van der Waals surface area contributed by atoms with E-state index in [9.17, 15) is 43.5 Å². The summed E-state index contributed by atoms with van der Waals surface area (Å²) in [6.07, 6.45) is 0.0546. The second-order valence-corrected chi connectivity index (χ2v) is 11.5. The quantitative estimate of drug-likeness (QED) is 0.106. The third-order valence-electron chi connectivity index (χ3n) is 7.18. The zero-order valence-corrected chi connectivity index (χ0v) is 30.0. The van der Waals surface area contributed by atoms with E-state index in [1.807, 2.05) is 0 Å². The molecule has 2 unspecified atom stereocenters. The van der Waals surface area contributed by atoms with Gasteiger partial charge in [-0.15, -0.1) is 0 Å². The van der Waals surface area contributed by atoms with Gasteiger partial charge in [0.05, 0.1) is 25.0 Å². The highest BCUT2D eigenvalue weighted by atomic mass is 16.5. The number of carboxylic acid groups (broad SMARTS) is 1. The first-order chi connectivity index (χ1) is 24.4. The van der Waals surface area contributed by atoms with Crippen molar-refractivity contribution in [1.29, 1.82) is 0 Å². The van der Waals surface area contributed by atoms with Crippen LogP contribution in [0.5, 0.6) is 11.5 Å². The van der Waals surface area contributed by atoms with Gasteiger partial charge in [-0.1, -0.05) is 24.3 Å². The van der Waals surface area contributed by atoms with E-state index < -0.39 is 65.5 Å². The van der Waals surface area contributed by atoms with Crippen molar-refractivity contribution in [1.82, 2.24) is 5.32 Å². The van der Waals surface area contributed by atoms with Gasteiger partial charge in [-0.2, -0.15) is 0 Å². The van der Waals surface area contributed by atoms with Crippen molar-refractivity contribution in [2.75, 3.05) is 27.4 Å². The summed E-state index contributed by atoms with van der Waals surface area (Å²) >= 11 is 0. The summed E-state index contributed by atoms with van der Waals surface area (Å²) in [5.41, 5.74) is 7.06. The first-order valence-corrected chi connectivity index (χ1v) is 16.1. The van der Waals surface area contributed by atoms with Crippen molar-refractivity contribution >= 4 is 47.4 Å². The van der Waals surface area contributed by atoms with E-state index in [1.54, 1.807) is 55.6 Å². The van der Waals surface area contributed by atoms with Gasteiger partial charge in [0.1, 0.15) is 30.8 Å². The lowest BCUT2D eigenvalue weighted by molar-refractivity contribution is -0.148. The Bertz CT molecular complexity index is 1550. The van der Waals surface area contributed by atoms with Gasteiger partial charge in [0, 0.05) is 42.0 Å². The van der Waals surface area contributed by atoms with Crippen molar-refractivity contribution in [3.05, 3.63) is 59.7 Å². The van der Waals surface area contributed by atoms with E-state index in [0.717, 1.165) is 5.56 Å². The smallest absolute Gasteiger partial charge is 0.309 e. The molecule has 0 saturated carbocycles. The van der Waals surface area contributed by atoms with Crippen molar-refractivity contribution in [3.63, 3.8) is 0 Å². The second kappa shape index (κ2) is 23.1. The molecule has 52 heavy (non-hydrogen) atoms. The Morgan fingerprint density at radius 3 is 1.48 bits per heavy atom. The minimum absolute atomic E-state index is 0. The maximum absolute atomic E-state index is 12.5. The van der Waals surface area contributed by atoms with Gasteiger partial charge in [0.2, 0.25) is 0 Å². The number of carbonyl (C=O) groups is 8. The molecule has 286 valence electrons. The van der Waals surface area contributed by atoms with Crippen LogP contribution in [0.4, 0.5) is 0 Å². The van der Waals surface area contributed by atoms with Gasteiger partial charge in [0.25, 0.3) is 0 Å². The van der Waals surface area contributed by atoms with E-state index in [0.29, 0.717) is 17.1 Å². The molecule has 0 aliphatic carbocycles. The van der Waals surface area contributed by atoms with Crippen molar-refractivity contribution < 1.29 is 68.6 Å². The van der Waals surface area contributed by atoms with E-state index >= 15 is 0 Å². The summed E-state index contributed by atoms with van der Waals surface area (Å²) in [6.45, 7) is 4.65. The zero-order chi connectivity index (χ0) is 39.4. The van der Waals surface area contributed by atoms with Crippen LogP contribution in [0.3, 0.4) is 0 Å². The van der Waals surface area contributed by atoms with Crippen LogP contribution < -0.4 is 20.5 Å². The number of Topliss-reactive ketones (excluding diaryl/α,β-unsaturated/α-hetero) is 2. The predicted molar refractivity (Wildman–Crippen MR) is 185 cm³/mol. The van der Waals surface area contributed by atoms with Crippen LogP contribution in [-0.4, -0.2) is 91.9 Å². The van der Waals surface area contributed by atoms with E-state index in [4.69, 9.17) is 24.7 Å². The fourth-order valence-electron chi connectivity index (χ4n) is 4.56. The highest BCUT2D eigenvalue weighted by Gasteiger charge is 2.28. The van der Waals surface area contributed by atoms with Gasteiger partial charge < -0.3 is 39.8 Å². The van der Waals surface area contributed by atoms with Crippen LogP contribution in [-0.2, 0) is 65.4 Å². The van der Waals surface area contributed by atoms with E-state index in [2.05, 4.69) is 10.1 Å². The first-order valence-electron chi connectivity index (χ1n) is 16.1. The lowest BCUT2D eigenvalue weighted by Gasteiger charge is -2.19. The summed E-state index contributed by atoms with van der Waals surface area (Å²) in [4.78, 5) is 91.4. The topological polar surface area (TPSA) is 241 Å². The molecule has 0 aliphatic rings. The first kappa shape index (κ1) is 44.5. The largest absolute Gasteiger partial charge is 0.481 e. The number of ketones is 2. The number of aliphatic carboxylic acids is 1. The number of nitrogens with one attached hydrogen (secondary N) is 1. The summed E-state index contributed by atoms with van der Waals surface area (Å²) in [7, 11) is 2.84. The minimum Gasteiger partial charge on any atom is -0.481 e. The lowest BCUT2D eigenvalue weighted by Crippen LogP contribution is -2.40. The molecule has 0 amide bonds. The molecule has 0 aliphatic heterocycles. The van der Waals surface area contributed by atoms with Crippen LogP contribution >= 0.6 is 0 Å². The van der Waals surface area contributed by atoms with Gasteiger partial charge >= 0.3 is 35.8 Å². The van der Waals surface area contributed by atoms with E-state index in [1.165, 1.54) is 34.8 Å². The molecule has 4 N–H and O–H groups in total. The Morgan fingerprint density at radius 2 is 1.10 bits per heavy atom. The number of carboxylic acids is 1. The Balaban J connectivity index is 0.00000100. The Morgan fingerprint density at radius 1 is 0.673 bits per heavy atom. The molecule has 0 aromatic heterocycles. The standard InChI is InChI=1S/C19H25NO7.C17H21NO7.H2/c1-12(21)26-11-17(20-3)18(23)10-15(19(24)25-4)9-14-5-7-16(8-6-14)27-13(2)22;1-10(19)24-9-15(18)16(21)8-13(17(22)23)7-12-3-5-14(6-4-12)25-11(2)20;/h5-8,15,17,20H,9-11H2,1-4H3;3-6,13,15H,7-9,18H2,1-2H3,(H,22,23);1H/t15?,17-;13?,15-;/m00./s1. The number of esters is 5. The molecular weight excluding hydrogens is 684 g/mol. The summed E-state index contributed by atoms with van der Waals surface area (Å²) in [5.74, 6) is -5.22. The third kappa shape index (κ3) is 18.0. The van der Waals surface area contributed by atoms with Crippen LogP contribution in [0.15, 0.2) is 48.5 Å². The molecule has 16 nitrogen and oxygen atoms in total. The summed E-state index contributed by atoms with van der Waals surface area (Å²) in [6, 6.07) is 11.2. The Labute approximate surface area is 302 Å². The summed E-state index contributed by atoms with van der Waals surface area (Å²) < 4.78 is 24.2. The average molecular weight is 733 g/mol. The third-order valence-corrected chi connectivity index (χ3v) is 7.18. The number of hydrogen-bond donors (Lipinski definition) is 3. The highest BCUT2D eigenvalue weighted by Crippen LogP contribution is 2.20. The molecule has 0 bridgehead atoms. The fraction of sp³-hybridized carbons (Fsp3) is 0.444. The van der Waals surface area contributed by atoms with E-state index in [-0.39, 0.29) is 46.1 Å². The predicted octanol–water partition coefficient (Wildman–Crippen LogP) is 2.00. The van der Waals surface area contributed by atoms with Crippen LogP contribution in [0.25, 0.3) is 0 Å². The van der Waals surface area contributed by atoms with Gasteiger partial charge in [-0.3, -0.25) is 38.4 Å². The second-order valence-electron chi connectivity index (χ2n) is 11.5. The average Bonchev–Trinajstić information content (AvgIpc) is 3.07. The minimum atomic E-state index is -1.13. The molecule has 2 rings (SSSR count). The normalized spacial score (nSPS) is 12.7. The zero-order valence-electron chi connectivity index (χ0n) is 30.0. The van der Waals surface area contributed by atoms with Crippen molar-refractivity contribution in [2.24, 2.45) is 17.6 Å². The molecule has 4 atom stereocenters. The molecule has 0 radical (unpaired) electrons. The van der Waals surface area contributed by atoms with Crippen LogP contribution in [0.1, 0.15) is 53.1 Å². The number of nitrogens with two attached hydrogens (primary N) is 1. The molecule has 0 saturated heterocycles. The highest BCUT2D eigenvalue weighted by molar-refractivity contribution is 5.89. The molecule has 0 heterocycles. The molecule has 0 fully saturated rings. The van der Waals surface area contributed by atoms with Gasteiger partial charge in [0.15, 0.2) is 11.6 Å². The number of hydrogen-bond acceptors (Lipinski definition) is 15. The molecule has 16 heteroatoms. The maximum atomic E-state index is 12.5.